The summed E-state index contributed by atoms with van der Waals surface area (Å²) in [5.41, 5.74) is 1.05. The van der Waals surface area contributed by atoms with Crippen LogP contribution in [0.5, 0.6) is 0 Å². The third kappa shape index (κ3) is 1.87. The van der Waals surface area contributed by atoms with Crippen molar-refractivity contribution in [1.82, 2.24) is 15.1 Å². The van der Waals surface area contributed by atoms with Crippen molar-refractivity contribution in [3.05, 3.63) is 17.5 Å². The Hall–Kier alpha value is -1.36. The highest BCUT2D eigenvalue weighted by atomic mass is 16.4. The van der Waals surface area contributed by atoms with Gasteiger partial charge in [0.25, 0.3) is 0 Å². The van der Waals surface area contributed by atoms with Crippen LogP contribution in [0.25, 0.3) is 0 Å². The molecule has 5 nitrogen and oxygen atoms in total. The summed E-state index contributed by atoms with van der Waals surface area (Å²) >= 11 is 0. The van der Waals surface area contributed by atoms with Gasteiger partial charge in [-0.15, -0.1) is 0 Å². The van der Waals surface area contributed by atoms with Crippen molar-refractivity contribution in [2.45, 2.75) is 25.8 Å². The Labute approximate surface area is 88.1 Å². The molecule has 15 heavy (non-hydrogen) atoms. The van der Waals surface area contributed by atoms with E-state index in [1.165, 1.54) is 6.20 Å². The molecule has 0 spiro atoms. The lowest BCUT2D eigenvalue weighted by Crippen LogP contribution is -2.32. The normalized spacial score (nSPS) is 21.5. The molecular formula is C10H15N3O2. The van der Waals surface area contributed by atoms with Crippen molar-refractivity contribution in [1.29, 1.82) is 0 Å². The molecule has 1 atom stereocenters. The van der Waals surface area contributed by atoms with Crippen molar-refractivity contribution in [3.63, 3.8) is 0 Å². The van der Waals surface area contributed by atoms with E-state index in [1.807, 2.05) is 11.6 Å². The molecule has 2 N–H and O–H groups in total. The second kappa shape index (κ2) is 4.02. The Morgan fingerprint density at radius 2 is 2.53 bits per heavy atom. The van der Waals surface area contributed by atoms with Crippen LogP contribution in [0.1, 0.15) is 34.9 Å². The van der Waals surface area contributed by atoms with E-state index in [-0.39, 0.29) is 0 Å². The summed E-state index contributed by atoms with van der Waals surface area (Å²) in [5.74, 6) is -0.900. The molecule has 82 valence electrons. The fourth-order valence-corrected chi connectivity index (χ4v) is 2.04. The maximum atomic E-state index is 10.8. The van der Waals surface area contributed by atoms with Gasteiger partial charge in [-0.2, -0.15) is 5.10 Å². The quantitative estimate of drug-likeness (QED) is 0.756. The van der Waals surface area contributed by atoms with Gasteiger partial charge in [0.05, 0.1) is 17.9 Å². The van der Waals surface area contributed by atoms with Gasteiger partial charge >= 0.3 is 5.97 Å². The molecule has 1 fully saturated rings. The molecule has 1 aliphatic rings. The Bertz CT molecular complexity index is 367. The van der Waals surface area contributed by atoms with Crippen molar-refractivity contribution >= 4 is 5.97 Å². The van der Waals surface area contributed by atoms with Gasteiger partial charge in [0.2, 0.25) is 0 Å². The largest absolute Gasteiger partial charge is 0.478 e. The van der Waals surface area contributed by atoms with E-state index in [1.54, 1.807) is 0 Å². The van der Waals surface area contributed by atoms with Gasteiger partial charge in [-0.25, -0.2) is 4.79 Å². The molecule has 1 aliphatic heterocycles. The summed E-state index contributed by atoms with van der Waals surface area (Å²) < 4.78 is 1.83. The lowest BCUT2D eigenvalue weighted by molar-refractivity contribution is 0.0696. The van der Waals surface area contributed by atoms with Crippen LogP contribution in [0.15, 0.2) is 6.20 Å². The van der Waals surface area contributed by atoms with E-state index in [9.17, 15) is 4.79 Å². The van der Waals surface area contributed by atoms with E-state index in [2.05, 4.69) is 10.4 Å². The SMILES string of the molecule is Cc1c(C(=O)O)cnn1[C@@H]1CCCNC1. The standard InChI is InChI=1S/C10H15N3O2/c1-7-9(10(14)15)6-12-13(7)8-3-2-4-11-5-8/h6,8,11H,2-5H2,1H3,(H,14,15)/t8-/m1/s1. The molecule has 0 bridgehead atoms. The van der Waals surface area contributed by atoms with E-state index in [0.29, 0.717) is 11.6 Å². The number of carboxylic acid groups (broad SMARTS) is 1. The molecule has 5 heteroatoms. The van der Waals surface area contributed by atoms with E-state index >= 15 is 0 Å². The molecule has 1 saturated heterocycles. The van der Waals surface area contributed by atoms with Crippen LogP contribution in [0.2, 0.25) is 0 Å². The topological polar surface area (TPSA) is 67.1 Å². The van der Waals surface area contributed by atoms with Crippen LogP contribution in [0.4, 0.5) is 0 Å². The Kier molecular flexibility index (Phi) is 2.73. The van der Waals surface area contributed by atoms with Crippen LogP contribution in [-0.4, -0.2) is 33.9 Å². The zero-order valence-electron chi connectivity index (χ0n) is 8.73. The lowest BCUT2D eigenvalue weighted by Gasteiger charge is -2.24. The number of hydrogen-bond donors (Lipinski definition) is 2. The average Bonchev–Trinajstić information content (AvgIpc) is 2.61. The van der Waals surface area contributed by atoms with Crippen LogP contribution in [-0.2, 0) is 0 Å². The summed E-state index contributed by atoms with van der Waals surface area (Å²) in [6.45, 7) is 3.73. The second-order valence-corrected chi connectivity index (χ2v) is 3.89. The van der Waals surface area contributed by atoms with Gasteiger partial charge in [-0.3, -0.25) is 4.68 Å². The van der Waals surface area contributed by atoms with Gasteiger partial charge < -0.3 is 10.4 Å². The molecule has 0 aliphatic carbocycles. The van der Waals surface area contributed by atoms with Crippen LogP contribution < -0.4 is 5.32 Å². The summed E-state index contributed by atoms with van der Waals surface area (Å²) in [4.78, 5) is 10.8. The van der Waals surface area contributed by atoms with Gasteiger partial charge in [0.1, 0.15) is 5.56 Å². The number of piperidine rings is 1. The lowest BCUT2D eigenvalue weighted by atomic mass is 10.1. The van der Waals surface area contributed by atoms with Gasteiger partial charge in [-0.05, 0) is 26.3 Å². The zero-order valence-corrected chi connectivity index (χ0v) is 8.73. The van der Waals surface area contributed by atoms with Gasteiger partial charge in [0, 0.05) is 6.54 Å². The van der Waals surface area contributed by atoms with Crippen LogP contribution in [0.3, 0.4) is 0 Å². The van der Waals surface area contributed by atoms with Crippen molar-refractivity contribution in [2.75, 3.05) is 13.1 Å². The Morgan fingerprint density at radius 1 is 1.73 bits per heavy atom. The predicted molar refractivity (Wildman–Crippen MR) is 55.1 cm³/mol. The smallest absolute Gasteiger partial charge is 0.339 e. The number of aromatic carboxylic acids is 1. The van der Waals surface area contributed by atoms with Crippen molar-refractivity contribution < 1.29 is 9.90 Å². The fraction of sp³-hybridized carbons (Fsp3) is 0.600. The number of carbonyl (C=O) groups is 1. The first kappa shape index (κ1) is 10.2. The van der Waals surface area contributed by atoms with Crippen LogP contribution >= 0.6 is 0 Å². The monoisotopic (exact) mass is 209 g/mol. The third-order valence-corrected chi connectivity index (χ3v) is 2.89. The molecule has 0 saturated carbocycles. The molecule has 2 rings (SSSR count). The summed E-state index contributed by atoms with van der Waals surface area (Å²) in [6, 6.07) is 0.298. The average molecular weight is 209 g/mol. The van der Waals surface area contributed by atoms with Crippen molar-refractivity contribution in [3.8, 4) is 0 Å². The Balaban J connectivity index is 2.24. The van der Waals surface area contributed by atoms with Crippen molar-refractivity contribution in [2.24, 2.45) is 0 Å². The van der Waals surface area contributed by atoms with E-state index in [4.69, 9.17) is 5.11 Å². The molecule has 1 aromatic heterocycles. The number of hydrogen-bond acceptors (Lipinski definition) is 3. The molecule has 2 heterocycles. The number of carboxylic acids is 1. The first-order valence-electron chi connectivity index (χ1n) is 5.18. The molecule has 0 amide bonds. The maximum absolute atomic E-state index is 10.8. The van der Waals surface area contributed by atoms with E-state index in [0.717, 1.165) is 31.6 Å². The number of nitrogens with zero attached hydrogens (tertiary/aromatic N) is 2. The molecule has 0 radical (unpaired) electrons. The third-order valence-electron chi connectivity index (χ3n) is 2.89. The summed E-state index contributed by atoms with van der Waals surface area (Å²) in [6.07, 6.45) is 3.62. The zero-order chi connectivity index (χ0) is 10.8. The number of rotatable bonds is 2. The highest BCUT2D eigenvalue weighted by Gasteiger charge is 2.20. The van der Waals surface area contributed by atoms with E-state index < -0.39 is 5.97 Å². The van der Waals surface area contributed by atoms with Gasteiger partial charge in [0.15, 0.2) is 0 Å². The number of nitrogens with one attached hydrogen (secondary N) is 1. The Morgan fingerprint density at radius 3 is 3.07 bits per heavy atom. The molecule has 0 aromatic carbocycles. The maximum Gasteiger partial charge on any atom is 0.339 e. The highest BCUT2D eigenvalue weighted by molar-refractivity contribution is 5.88. The second-order valence-electron chi connectivity index (χ2n) is 3.89. The van der Waals surface area contributed by atoms with Crippen LogP contribution in [0, 0.1) is 6.92 Å². The molecular weight excluding hydrogens is 194 g/mol. The first-order valence-corrected chi connectivity index (χ1v) is 5.18. The van der Waals surface area contributed by atoms with Gasteiger partial charge in [-0.1, -0.05) is 0 Å². The molecule has 1 aromatic rings. The summed E-state index contributed by atoms with van der Waals surface area (Å²) in [5, 5.41) is 16.4. The fourth-order valence-electron chi connectivity index (χ4n) is 2.04. The predicted octanol–water partition coefficient (Wildman–Crippen LogP) is 0.814. The minimum atomic E-state index is -0.900. The number of aromatic nitrogens is 2. The minimum absolute atomic E-state index is 0.298. The highest BCUT2D eigenvalue weighted by Crippen LogP contribution is 2.19. The minimum Gasteiger partial charge on any atom is -0.478 e. The first-order chi connectivity index (χ1) is 7.20. The molecule has 0 unspecified atom stereocenters. The summed E-state index contributed by atoms with van der Waals surface area (Å²) in [7, 11) is 0.